The summed E-state index contributed by atoms with van der Waals surface area (Å²) in [5.41, 5.74) is 3.56. The van der Waals surface area contributed by atoms with Gasteiger partial charge in [-0.05, 0) is 56.9 Å². The van der Waals surface area contributed by atoms with E-state index in [-0.39, 0.29) is 11.6 Å². The Morgan fingerprint density at radius 2 is 2.00 bits per heavy atom. The van der Waals surface area contributed by atoms with Gasteiger partial charge < -0.3 is 19.7 Å². The largest absolute Gasteiger partial charge is 0.489 e. The van der Waals surface area contributed by atoms with E-state index in [1.807, 2.05) is 6.92 Å². The number of anilines is 1. The maximum Gasteiger partial charge on any atom is 0.409 e. The van der Waals surface area contributed by atoms with E-state index in [1.165, 1.54) is 11.1 Å². The number of carbonyl (C=O) groups excluding carboxylic acids is 1. The second-order valence-electron chi connectivity index (χ2n) is 6.60. The zero-order valence-corrected chi connectivity index (χ0v) is 13.6. The normalized spacial score (nSPS) is 19.1. The highest BCUT2D eigenvalue weighted by molar-refractivity contribution is 5.68. The Kier molecular flexibility index (Phi) is 3.89. The van der Waals surface area contributed by atoms with Crippen LogP contribution in [0.3, 0.4) is 0 Å². The summed E-state index contributed by atoms with van der Waals surface area (Å²) in [5, 5.41) is 3.53. The first-order valence-electron chi connectivity index (χ1n) is 7.97. The van der Waals surface area contributed by atoms with Crippen molar-refractivity contribution in [3.63, 3.8) is 0 Å². The van der Waals surface area contributed by atoms with Gasteiger partial charge in [0.15, 0.2) is 0 Å². The average molecular weight is 304 g/mol. The molecule has 3 rings (SSSR count). The number of hydrogen-bond donors (Lipinski definition) is 1. The molecule has 2 aliphatic rings. The van der Waals surface area contributed by atoms with Crippen LogP contribution < -0.4 is 10.1 Å². The van der Waals surface area contributed by atoms with Crippen molar-refractivity contribution < 1.29 is 14.3 Å². The molecule has 0 aromatic heterocycles. The lowest BCUT2D eigenvalue weighted by Crippen LogP contribution is -2.41. The van der Waals surface area contributed by atoms with Gasteiger partial charge in [0.25, 0.3) is 0 Å². The number of fused-ring (bicyclic) bond motifs is 2. The molecule has 120 valence electrons. The van der Waals surface area contributed by atoms with E-state index < -0.39 is 0 Å². The molecule has 0 saturated heterocycles. The molecule has 0 saturated carbocycles. The van der Waals surface area contributed by atoms with Gasteiger partial charge in [-0.25, -0.2) is 4.79 Å². The number of nitrogens with one attached hydrogen (secondary N) is 1. The molecule has 2 heterocycles. The molecule has 0 aliphatic carbocycles. The van der Waals surface area contributed by atoms with Crippen LogP contribution in [0.15, 0.2) is 12.1 Å². The van der Waals surface area contributed by atoms with Crippen molar-refractivity contribution in [2.75, 3.05) is 31.6 Å². The van der Waals surface area contributed by atoms with Gasteiger partial charge in [-0.3, -0.25) is 0 Å². The monoisotopic (exact) mass is 304 g/mol. The van der Waals surface area contributed by atoms with Crippen molar-refractivity contribution in [2.24, 2.45) is 0 Å². The average Bonchev–Trinajstić information content (AvgIpc) is 2.66. The van der Waals surface area contributed by atoms with Gasteiger partial charge >= 0.3 is 6.09 Å². The molecule has 1 aromatic rings. The Bertz CT molecular complexity index is 584. The fourth-order valence-electron chi connectivity index (χ4n) is 3.03. The van der Waals surface area contributed by atoms with Gasteiger partial charge in [0.2, 0.25) is 0 Å². The van der Waals surface area contributed by atoms with E-state index in [0.29, 0.717) is 26.3 Å². The van der Waals surface area contributed by atoms with Gasteiger partial charge in [-0.2, -0.15) is 0 Å². The fraction of sp³-hybridized carbons (Fsp3) is 0.588. The number of carbonyl (C=O) groups is 1. The van der Waals surface area contributed by atoms with E-state index in [9.17, 15) is 4.79 Å². The molecule has 0 bridgehead atoms. The first-order valence-corrected chi connectivity index (χ1v) is 7.97. The number of benzene rings is 1. The Hall–Kier alpha value is -1.91. The summed E-state index contributed by atoms with van der Waals surface area (Å²) in [4.78, 5) is 13.7. The number of nitrogens with zero attached hydrogens (tertiary/aromatic N) is 1. The number of rotatable bonds is 1. The highest BCUT2D eigenvalue weighted by atomic mass is 16.6. The van der Waals surface area contributed by atoms with Gasteiger partial charge in [-0.1, -0.05) is 0 Å². The molecule has 1 amide bonds. The Morgan fingerprint density at radius 3 is 2.68 bits per heavy atom. The molecule has 1 aromatic carbocycles. The molecule has 0 atom stereocenters. The van der Waals surface area contributed by atoms with Gasteiger partial charge in [0, 0.05) is 13.1 Å². The van der Waals surface area contributed by atoms with Crippen LogP contribution in [0, 0.1) is 0 Å². The van der Waals surface area contributed by atoms with Crippen LogP contribution in [0.2, 0.25) is 0 Å². The summed E-state index contributed by atoms with van der Waals surface area (Å²) in [6.45, 7) is 8.58. The van der Waals surface area contributed by atoms with Crippen molar-refractivity contribution in [3.8, 4) is 5.75 Å². The maximum absolute atomic E-state index is 11.9. The Balaban J connectivity index is 1.80. The third kappa shape index (κ3) is 2.98. The summed E-state index contributed by atoms with van der Waals surface area (Å²) in [6.07, 6.45) is 1.48. The molecule has 22 heavy (non-hydrogen) atoms. The van der Waals surface area contributed by atoms with Crippen LogP contribution in [0.25, 0.3) is 0 Å². The lowest BCUT2D eigenvalue weighted by Gasteiger charge is -2.34. The van der Waals surface area contributed by atoms with Crippen molar-refractivity contribution in [2.45, 2.75) is 39.2 Å². The Labute approximate surface area is 131 Å². The molecule has 0 unspecified atom stereocenters. The van der Waals surface area contributed by atoms with Crippen molar-refractivity contribution in [1.82, 2.24) is 4.90 Å². The Morgan fingerprint density at radius 1 is 1.32 bits per heavy atom. The van der Waals surface area contributed by atoms with Gasteiger partial charge in [0.05, 0.1) is 17.8 Å². The highest BCUT2D eigenvalue weighted by Crippen LogP contribution is 2.36. The lowest BCUT2D eigenvalue weighted by molar-refractivity contribution is 0.109. The zero-order valence-electron chi connectivity index (χ0n) is 13.6. The summed E-state index contributed by atoms with van der Waals surface area (Å²) in [6, 6.07) is 4.31. The van der Waals surface area contributed by atoms with Crippen molar-refractivity contribution in [1.29, 1.82) is 0 Å². The number of amides is 1. The van der Waals surface area contributed by atoms with Gasteiger partial charge in [-0.15, -0.1) is 0 Å². The third-order valence-electron chi connectivity index (χ3n) is 4.19. The molecule has 5 heteroatoms. The summed E-state index contributed by atoms with van der Waals surface area (Å²) in [7, 11) is 0. The fourth-order valence-corrected chi connectivity index (χ4v) is 3.03. The smallest absolute Gasteiger partial charge is 0.409 e. The van der Waals surface area contributed by atoms with E-state index >= 15 is 0 Å². The maximum atomic E-state index is 11.9. The molecular weight excluding hydrogens is 280 g/mol. The third-order valence-corrected chi connectivity index (χ3v) is 4.19. The molecule has 0 spiro atoms. The van der Waals surface area contributed by atoms with E-state index in [2.05, 4.69) is 31.3 Å². The van der Waals surface area contributed by atoms with Crippen molar-refractivity contribution >= 4 is 11.8 Å². The van der Waals surface area contributed by atoms with Crippen molar-refractivity contribution in [3.05, 3.63) is 23.3 Å². The highest BCUT2D eigenvalue weighted by Gasteiger charge is 2.27. The van der Waals surface area contributed by atoms with E-state index in [0.717, 1.165) is 24.3 Å². The first kappa shape index (κ1) is 15.0. The summed E-state index contributed by atoms with van der Waals surface area (Å²) < 4.78 is 11.0. The topological polar surface area (TPSA) is 50.8 Å². The number of ether oxygens (including phenoxy) is 2. The molecule has 1 N–H and O–H groups in total. The van der Waals surface area contributed by atoms with Crippen LogP contribution in [-0.4, -0.2) is 42.8 Å². The predicted molar refractivity (Wildman–Crippen MR) is 85.6 cm³/mol. The number of hydrogen-bond acceptors (Lipinski definition) is 4. The van der Waals surface area contributed by atoms with E-state index in [4.69, 9.17) is 9.47 Å². The lowest BCUT2D eigenvalue weighted by atomic mass is 9.98. The minimum Gasteiger partial charge on any atom is -0.489 e. The van der Waals surface area contributed by atoms with Gasteiger partial charge in [0.1, 0.15) is 12.4 Å². The molecular formula is C17H24N2O3. The molecule has 5 nitrogen and oxygen atoms in total. The predicted octanol–water partition coefficient (Wildman–Crippen LogP) is 2.83. The second-order valence-corrected chi connectivity index (χ2v) is 6.60. The second kappa shape index (κ2) is 5.71. The van der Waals surface area contributed by atoms with Crippen LogP contribution in [0.1, 0.15) is 31.9 Å². The molecule has 0 fully saturated rings. The molecule has 0 radical (unpaired) electrons. The zero-order chi connectivity index (χ0) is 15.7. The van der Waals surface area contributed by atoms with Crippen LogP contribution in [0.5, 0.6) is 5.75 Å². The summed E-state index contributed by atoms with van der Waals surface area (Å²) in [5.74, 6) is 0.919. The summed E-state index contributed by atoms with van der Waals surface area (Å²) >= 11 is 0. The van der Waals surface area contributed by atoms with Crippen LogP contribution in [-0.2, 0) is 17.6 Å². The standard InChI is InChI=1S/C17H24N2O3/c1-4-21-16(20)19-7-5-12-9-14-15(10-13(12)6-8-19)22-11-17(2,3)18-14/h9-10,18H,4-8,11H2,1-3H3. The molecule has 2 aliphatic heterocycles. The van der Waals surface area contributed by atoms with Crippen LogP contribution in [0.4, 0.5) is 10.5 Å². The first-order chi connectivity index (χ1) is 10.5. The minimum atomic E-state index is -0.212. The SMILES string of the molecule is CCOC(=O)N1CCc2cc3c(cc2CC1)OCC(C)(C)N3. The van der Waals surface area contributed by atoms with E-state index in [1.54, 1.807) is 4.90 Å². The van der Waals surface area contributed by atoms with Crippen LogP contribution >= 0.6 is 0 Å². The minimum absolute atomic E-state index is 0.0526. The quantitative estimate of drug-likeness (QED) is 0.867.